The summed E-state index contributed by atoms with van der Waals surface area (Å²) in [5.74, 6) is 0.863. The molecule has 0 aliphatic carbocycles. The number of anilines is 1. The van der Waals surface area contributed by atoms with Crippen LogP contribution in [0.5, 0.6) is 0 Å². The Morgan fingerprint density at radius 1 is 0.882 bits per heavy atom. The fraction of sp³-hybridized carbons (Fsp3) is 0.214. The molecule has 3 aromatic carbocycles. The van der Waals surface area contributed by atoms with Crippen molar-refractivity contribution >= 4 is 23.3 Å². The second-order valence-electron chi connectivity index (χ2n) is 8.37. The summed E-state index contributed by atoms with van der Waals surface area (Å²) in [6.45, 7) is 2.98. The van der Waals surface area contributed by atoms with E-state index in [9.17, 15) is 4.79 Å². The van der Waals surface area contributed by atoms with Gasteiger partial charge in [0.15, 0.2) is 0 Å². The SMILES string of the molecule is CCc1nn(-c2ccccc2)c(N(C)C)c1CN(Cc1ccccc1)C(=O)c1ccccc1Cl. The maximum absolute atomic E-state index is 13.7. The number of amides is 1. The minimum Gasteiger partial charge on any atom is -0.362 e. The second kappa shape index (κ2) is 10.6. The van der Waals surface area contributed by atoms with Gasteiger partial charge in [0, 0.05) is 26.2 Å². The normalized spacial score (nSPS) is 10.8. The summed E-state index contributed by atoms with van der Waals surface area (Å²) in [4.78, 5) is 17.7. The van der Waals surface area contributed by atoms with E-state index in [0.717, 1.165) is 34.7 Å². The fourth-order valence-corrected chi connectivity index (χ4v) is 4.36. The molecule has 0 N–H and O–H groups in total. The molecular formula is C28H29ClN4O. The summed E-state index contributed by atoms with van der Waals surface area (Å²) in [7, 11) is 4.02. The molecule has 0 unspecified atom stereocenters. The van der Waals surface area contributed by atoms with Gasteiger partial charge in [-0.2, -0.15) is 5.10 Å². The van der Waals surface area contributed by atoms with Crippen molar-refractivity contribution in [3.05, 3.63) is 112 Å². The zero-order chi connectivity index (χ0) is 24.1. The first kappa shape index (κ1) is 23.6. The van der Waals surface area contributed by atoms with Crippen LogP contribution in [-0.2, 0) is 19.5 Å². The van der Waals surface area contributed by atoms with Crippen molar-refractivity contribution in [2.75, 3.05) is 19.0 Å². The molecule has 0 spiro atoms. The van der Waals surface area contributed by atoms with Gasteiger partial charge in [-0.05, 0) is 36.2 Å². The Morgan fingerprint density at radius 2 is 1.50 bits per heavy atom. The molecule has 0 radical (unpaired) electrons. The van der Waals surface area contributed by atoms with Crippen molar-refractivity contribution in [3.8, 4) is 5.69 Å². The molecule has 5 nitrogen and oxygen atoms in total. The molecule has 4 rings (SSSR count). The summed E-state index contributed by atoms with van der Waals surface area (Å²) in [5, 5.41) is 5.39. The van der Waals surface area contributed by atoms with Crippen molar-refractivity contribution in [2.24, 2.45) is 0 Å². The molecule has 1 heterocycles. The minimum absolute atomic E-state index is 0.103. The number of carbonyl (C=O) groups excluding carboxylic acids is 1. The number of nitrogens with zero attached hydrogens (tertiary/aromatic N) is 4. The molecule has 174 valence electrons. The van der Waals surface area contributed by atoms with Crippen LogP contribution < -0.4 is 4.90 Å². The topological polar surface area (TPSA) is 41.4 Å². The first-order valence-electron chi connectivity index (χ1n) is 11.4. The van der Waals surface area contributed by atoms with Crippen LogP contribution >= 0.6 is 11.6 Å². The van der Waals surface area contributed by atoms with Crippen molar-refractivity contribution in [1.82, 2.24) is 14.7 Å². The lowest BCUT2D eigenvalue weighted by Crippen LogP contribution is -2.31. The molecule has 0 bridgehead atoms. The zero-order valence-corrected chi connectivity index (χ0v) is 20.5. The van der Waals surface area contributed by atoms with E-state index >= 15 is 0 Å². The standard InChI is InChI=1S/C28H29ClN4O/c1-4-26-24(27(31(2)3)33(30-26)22-15-9-6-10-16-22)20-32(19-21-13-7-5-8-14-21)28(34)23-17-11-12-18-25(23)29/h5-18H,4,19-20H2,1-3H3. The average Bonchev–Trinajstić information content (AvgIpc) is 3.23. The summed E-state index contributed by atoms with van der Waals surface area (Å²) >= 11 is 6.42. The highest BCUT2D eigenvalue weighted by molar-refractivity contribution is 6.33. The van der Waals surface area contributed by atoms with Gasteiger partial charge in [-0.3, -0.25) is 4.79 Å². The Balaban J connectivity index is 1.80. The lowest BCUT2D eigenvalue weighted by Gasteiger charge is -2.25. The predicted octanol–water partition coefficient (Wildman–Crippen LogP) is 6.00. The number of halogens is 1. The van der Waals surface area contributed by atoms with Crippen molar-refractivity contribution in [3.63, 3.8) is 0 Å². The number of benzene rings is 3. The van der Waals surface area contributed by atoms with Gasteiger partial charge in [0.25, 0.3) is 5.91 Å². The summed E-state index contributed by atoms with van der Waals surface area (Å²) in [6.07, 6.45) is 0.759. The molecule has 0 fully saturated rings. The summed E-state index contributed by atoms with van der Waals surface area (Å²) < 4.78 is 1.97. The third-order valence-corrected chi connectivity index (χ3v) is 6.09. The van der Waals surface area contributed by atoms with Crippen LogP contribution in [0, 0.1) is 0 Å². The molecule has 0 saturated heterocycles. The maximum Gasteiger partial charge on any atom is 0.255 e. The highest BCUT2D eigenvalue weighted by atomic mass is 35.5. The van der Waals surface area contributed by atoms with E-state index in [1.165, 1.54) is 0 Å². The van der Waals surface area contributed by atoms with E-state index < -0.39 is 0 Å². The lowest BCUT2D eigenvalue weighted by atomic mass is 10.1. The third kappa shape index (κ3) is 5.00. The monoisotopic (exact) mass is 472 g/mol. The number of hydrogen-bond acceptors (Lipinski definition) is 3. The van der Waals surface area contributed by atoms with Crippen LogP contribution in [-0.4, -0.2) is 34.7 Å². The van der Waals surface area contributed by atoms with E-state index in [2.05, 4.69) is 11.8 Å². The van der Waals surface area contributed by atoms with Gasteiger partial charge in [-0.15, -0.1) is 0 Å². The fourth-order valence-electron chi connectivity index (χ4n) is 4.14. The Bertz CT molecular complexity index is 1250. The molecule has 1 amide bonds. The van der Waals surface area contributed by atoms with E-state index in [1.54, 1.807) is 12.1 Å². The zero-order valence-electron chi connectivity index (χ0n) is 19.8. The number of rotatable bonds is 8. The molecule has 4 aromatic rings. The van der Waals surface area contributed by atoms with Crippen LogP contribution in [0.2, 0.25) is 5.02 Å². The third-order valence-electron chi connectivity index (χ3n) is 5.76. The Hall–Kier alpha value is -3.57. The molecule has 0 saturated carbocycles. The van der Waals surface area contributed by atoms with Crippen LogP contribution in [0.25, 0.3) is 5.69 Å². The summed E-state index contributed by atoms with van der Waals surface area (Å²) in [6, 6.07) is 27.3. The van der Waals surface area contributed by atoms with Gasteiger partial charge in [-0.25, -0.2) is 4.68 Å². The lowest BCUT2D eigenvalue weighted by molar-refractivity contribution is 0.0730. The van der Waals surface area contributed by atoms with Gasteiger partial charge in [0.2, 0.25) is 0 Å². The van der Waals surface area contributed by atoms with Crippen LogP contribution in [0.15, 0.2) is 84.9 Å². The Labute approximate surface area is 206 Å². The Kier molecular flexibility index (Phi) is 7.33. The van der Waals surface area contributed by atoms with Crippen molar-refractivity contribution in [2.45, 2.75) is 26.4 Å². The maximum atomic E-state index is 13.7. The van der Waals surface area contributed by atoms with Crippen molar-refractivity contribution < 1.29 is 4.79 Å². The number of carbonyl (C=O) groups is 1. The van der Waals surface area contributed by atoms with Gasteiger partial charge < -0.3 is 9.80 Å². The molecule has 0 atom stereocenters. The van der Waals surface area contributed by atoms with Crippen LogP contribution in [0.3, 0.4) is 0 Å². The molecule has 0 aliphatic heterocycles. The largest absolute Gasteiger partial charge is 0.362 e. The van der Waals surface area contributed by atoms with E-state index in [-0.39, 0.29) is 5.91 Å². The van der Waals surface area contributed by atoms with Gasteiger partial charge in [0.1, 0.15) is 5.82 Å². The van der Waals surface area contributed by atoms with E-state index in [0.29, 0.717) is 23.7 Å². The first-order valence-corrected chi connectivity index (χ1v) is 11.8. The quantitative estimate of drug-likeness (QED) is 0.316. The molecule has 6 heteroatoms. The molecule has 0 aliphatic rings. The molecule has 34 heavy (non-hydrogen) atoms. The van der Waals surface area contributed by atoms with E-state index in [4.69, 9.17) is 16.7 Å². The number of aromatic nitrogens is 2. The molecular weight excluding hydrogens is 444 g/mol. The summed E-state index contributed by atoms with van der Waals surface area (Å²) in [5.41, 5.74) is 4.55. The minimum atomic E-state index is -0.103. The van der Waals surface area contributed by atoms with Gasteiger partial charge >= 0.3 is 0 Å². The number of hydrogen-bond donors (Lipinski definition) is 0. The van der Waals surface area contributed by atoms with Gasteiger partial charge in [-0.1, -0.05) is 79.2 Å². The highest BCUT2D eigenvalue weighted by Gasteiger charge is 2.25. The van der Waals surface area contributed by atoms with Crippen LogP contribution in [0.1, 0.15) is 34.1 Å². The first-order chi connectivity index (χ1) is 16.5. The molecule has 1 aromatic heterocycles. The smallest absolute Gasteiger partial charge is 0.255 e. The number of para-hydroxylation sites is 1. The highest BCUT2D eigenvalue weighted by Crippen LogP contribution is 2.30. The van der Waals surface area contributed by atoms with Crippen LogP contribution in [0.4, 0.5) is 5.82 Å². The van der Waals surface area contributed by atoms with Gasteiger partial charge in [0.05, 0.1) is 28.5 Å². The number of aryl methyl sites for hydroxylation is 1. The Morgan fingerprint density at radius 3 is 2.12 bits per heavy atom. The van der Waals surface area contributed by atoms with E-state index in [1.807, 2.05) is 96.5 Å². The average molecular weight is 473 g/mol. The second-order valence-corrected chi connectivity index (χ2v) is 8.78. The van der Waals surface area contributed by atoms with Crippen molar-refractivity contribution in [1.29, 1.82) is 0 Å². The predicted molar refractivity (Wildman–Crippen MR) is 139 cm³/mol.